The third-order valence-corrected chi connectivity index (χ3v) is 3.65. The Morgan fingerprint density at radius 2 is 2.00 bits per heavy atom. The number of carbonyl (C=O) groups is 1. The Morgan fingerprint density at radius 1 is 1.22 bits per heavy atom. The number of hydrogen-bond donors (Lipinski definition) is 1. The average Bonchev–Trinajstić information content (AvgIpc) is 2.83. The minimum atomic E-state index is -0.816. The van der Waals surface area contributed by atoms with Crippen LogP contribution < -0.4 is 5.32 Å². The Morgan fingerprint density at radius 3 is 2.78 bits per heavy atom. The Balaban J connectivity index is 1.71. The second-order valence-corrected chi connectivity index (χ2v) is 5.26. The van der Waals surface area contributed by atoms with Crippen molar-refractivity contribution in [2.45, 2.75) is 13.0 Å². The first kappa shape index (κ1) is 15.4. The predicted octanol–water partition coefficient (Wildman–Crippen LogP) is 4.27. The molecule has 1 heterocycles. The summed E-state index contributed by atoms with van der Waals surface area (Å²) in [6.45, 7) is 0.296. The third-order valence-electron chi connectivity index (χ3n) is 3.34. The first-order chi connectivity index (χ1) is 11.0. The average molecular weight is 334 g/mol. The number of nitrogens with one attached hydrogen (secondary N) is 1. The van der Waals surface area contributed by atoms with Crippen LogP contribution in [0, 0.1) is 16.5 Å². The summed E-state index contributed by atoms with van der Waals surface area (Å²) in [6, 6.07) is 10.3. The van der Waals surface area contributed by atoms with E-state index >= 15 is 0 Å². The molecule has 0 aliphatic carbocycles. The maximum atomic E-state index is 13.5. The number of rotatable bonds is 4. The molecule has 0 aliphatic heterocycles. The number of para-hydroxylation sites is 2. The van der Waals surface area contributed by atoms with Crippen molar-refractivity contribution in [3.05, 3.63) is 58.9 Å². The SMILES string of the molecule is O=C(CCn1c(=S)oc2ccccc21)Nc1ccc(F)cc1F. The lowest BCUT2D eigenvalue weighted by Gasteiger charge is -2.07. The van der Waals surface area contributed by atoms with Crippen molar-refractivity contribution in [2.75, 3.05) is 5.32 Å². The van der Waals surface area contributed by atoms with Gasteiger partial charge in [0.25, 0.3) is 4.84 Å². The molecule has 0 saturated heterocycles. The normalized spacial score (nSPS) is 10.9. The number of hydrogen-bond acceptors (Lipinski definition) is 3. The maximum Gasteiger partial charge on any atom is 0.269 e. The number of aromatic nitrogens is 1. The molecule has 0 radical (unpaired) electrons. The van der Waals surface area contributed by atoms with E-state index in [2.05, 4.69) is 5.32 Å². The Bertz CT molecular complexity index is 933. The van der Waals surface area contributed by atoms with E-state index in [1.165, 1.54) is 6.07 Å². The molecule has 1 aromatic heterocycles. The van der Waals surface area contributed by atoms with Crippen molar-refractivity contribution in [1.82, 2.24) is 4.57 Å². The molecule has 3 rings (SSSR count). The lowest BCUT2D eigenvalue weighted by Crippen LogP contribution is -2.15. The number of halogens is 2. The second kappa shape index (κ2) is 6.29. The van der Waals surface area contributed by atoms with Gasteiger partial charge in [-0.15, -0.1) is 0 Å². The zero-order valence-electron chi connectivity index (χ0n) is 11.9. The van der Waals surface area contributed by atoms with Crippen LogP contribution in [0.25, 0.3) is 11.1 Å². The molecule has 0 atom stereocenters. The van der Waals surface area contributed by atoms with Crippen molar-refractivity contribution in [1.29, 1.82) is 0 Å². The number of amides is 1. The number of oxazole rings is 1. The first-order valence-corrected chi connectivity index (χ1v) is 7.29. The van der Waals surface area contributed by atoms with Crippen LogP contribution in [0.1, 0.15) is 6.42 Å². The van der Waals surface area contributed by atoms with Gasteiger partial charge in [-0.05, 0) is 36.5 Å². The van der Waals surface area contributed by atoms with Crippen molar-refractivity contribution < 1.29 is 18.0 Å². The third kappa shape index (κ3) is 3.29. The van der Waals surface area contributed by atoms with Gasteiger partial charge in [0.1, 0.15) is 11.6 Å². The Labute approximate surface area is 135 Å². The highest BCUT2D eigenvalue weighted by atomic mass is 32.1. The molecule has 4 nitrogen and oxygen atoms in total. The Hall–Kier alpha value is -2.54. The molecule has 118 valence electrons. The lowest BCUT2D eigenvalue weighted by atomic mass is 10.2. The minimum absolute atomic E-state index is 0.0583. The van der Waals surface area contributed by atoms with Gasteiger partial charge in [0, 0.05) is 19.0 Å². The van der Waals surface area contributed by atoms with Crippen LogP contribution in [0.15, 0.2) is 46.9 Å². The van der Waals surface area contributed by atoms with E-state index in [1.54, 1.807) is 10.6 Å². The van der Waals surface area contributed by atoms with Crippen molar-refractivity contribution in [3.8, 4) is 0 Å². The van der Waals surface area contributed by atoms with Crippen molar-refractivity contribution in [3.63, 3.8) is 0 Å². The van der Waals surface area contributed by atoms with E-state index in [0.717, 1.165) is 17.6 Å². The monoisotopic (exact) mass is 334 g/mol. The largest absolute Gasteiger partial charge is 0.429 e. The van der Waals surface area contributed by atoms with E-state index in [4.69, 9.17) is 16.6 Å². The highest BCUT2D eigenvalue weighted by Crippen LogP contribution is 2.18. The molecule has 0 spiro atoms. The molecule has 3 aromatic rings. The van der Waals surface area contributed by atoms with Crippen LogP contribution in [-0.4, -0.2) is 10.5 Å². The zero-order valence-corrected chi connectivity index (χ0v) is 12.7. The number of benzene rings is 2. The zero-order chi connectivity index (χ0) is 16.4. The minimum Gasteiger partial charge on any atom is -0.429 e. The van der Waals surface area contributed by atoms with E-state index in [1.807, 2.05) is 18.2 Å². The van der Waals surface area contributed by atoms with Gasteiger partial charge < -0.3 is 9.73 Å². The topological polar surface area (TPSA) is 47.2 Å². The van der Waals surface area contributed by atoms with Gasteiger partial charge in [0.15, 0.2) is 5.58 Å². The van der Waals surface area contributed by atoms with Crippen LogP contribution in [-0.2, 0) is 11.3 Å². The maximum absolute atomic E-state index is 13.5. The van der Waals surface area contributed by atoms with Crippen LogP contribution in [0.5, 0.6) is 0 Å². The summed E-state index contributed by atoms with van der Waals surface area (Å²) in [4.78, 5) is 12.2. The molecule has 23 heavy (non-hydrogen) atoms. The highest BCUT2D eigenvalue weighted by Gasteiger charge is 2.11. The number of anilines is 1. The summed E-state index contributed by atoms with van der Waals surface area (Å²) < 4.78 is 33.5. The van der Waals surface area contributed by atoms with Crippen molar-refractivity contribution >= 4 is 34.9 Å². The summed E-state index contributed by atoms with van der Waals surface area (Å²) in [5.41, 5.74) is 1.37. The Kier molecular flexibility index (Phi) is 4.20. The van der Waals surface area contributed by atoms with E-state index in [-0.39, 0.29) is 16.9 Å². The van der Waals surface area contributed by atoms with Crippen molar-refractivity contribution in [2.24, 2.45) is 0 Å². The van der Waals surface area contributed by atoms with Crippen LogP contribution >= 0.6 is 12.2 Å². The highest BCUT2D eigenvalue weighted by molar-refractivity contribution is 7.71. The van der Waals surface area contributed by atoms with Crippen LogP contribution in [0.3, 0.4) is 0 Å². The number of aryl methyl sites for hydroxylation is 1. The van der Waals surface area contributed by atoms with E-state index in [0.29, 0.717) is 12.1 Å². The van der Waals surface area contributed by atoms with Crippen LogP contribution in [0.4, 0.5) is 14.5 Å². The fraction of sp³-hybridized carbons (Fsp3) is 0.125. The van der Waals surface area contributed by atoms with Gasteiger partial charge >= 0.3 is 0 Å². The molecular formula is C16H12F2N2O2S. The predicted molar refractivity (Wildman–Crippen MR) is 84.6 cm³/mol. The fourth-order valence-corrected chi connectivity index (χ4v) is 2.52. The number of fused-ring (bicyclic) bond motifs is 1. The molecule has 1 amide bonds. The van der Waals surface area contributed by atoms with Gasteiger partial charge in [-0.25, -0.2) is 8.78 Å². The van der Waals surface area contributed by atoms with Gasteiger partial charge in [0.2, 0.25) is 5.91 Å². The molecule has 0 fully saturated rings. The molecular weight excluding hydrogens is 322 g/mol. The number of carbonyl (C=O) groups excluding carboxylic acids is 1. The summed E-state index contributed by atoms with van der Waals surface area (Å²) in [7, 11) is 0. The summed E-state index contributed by atoms with van der Waals surface area (Å²) >= 11 is 5.13. The van der Waals surface area contributed by atoms with Gasteiger partial charge in [0.05, 0.1) is 11.2 Å². The molecule has 1 N–H and O–H groups in total. The quantitative estimate of drug-likeness (QED) is 0.725. The van der Waals surface area contributed by atoms with Gasteiger partial charge in [-0.2, -0.15) is 0 Å². The lowest BCUT2D eigenvalue weighted by molar-refractivity contribution is -0.116. The van der Waals surface area contributed by atoms with Gasteiger partial charge in [-0.3, -0.25) is 9.36 Å². The summed E-state index contributed by atoms with van der Waals surface area (Å²) in [6.07, 6.45) is 0.0780. The smallest absolute Gasteiger partial charge is 0.269 e. The molecule has 0 saturated carbocycles. The molecule has 2 aromatic carbocycles. The molecule has 7 heteroatoms. The van der Waals surface area contributed by atoms with Crippen LogP contribution in [0.2, 0.25) is 0 Å². The molecule has 0 unspecified atom stereocenters. The first-order valence-electron chi connectivity index (χ1n) is 6.88. The molecule has 0 aliphatic rings. The second-order valence-electron chi connectivity index (χ2n) is 4.91. The fourth-order valence-electron chi connectivity index (χ4n) is 2.24. The summed E-state index contributed by atoms with van der Waals surface area (Å²) in [5, 5.41) is 2.41. The van der Waals surface area contributed by atoms with E-state index < -0.39 is 17.5 Å². The summed E-state index contributed by atoms with van der Waals surface area (Å²) in [5.74, 6) is -1.91. The number of nitrogens with zero attached hydrogens (tertiary/aromatic N) is 1. The van der Waals surface area contributed by atoms with Gasteiger partial charge in [-0.1, -0.05) is 12.1 Å². The van der Waals surface area contributed by atoms with E-state index in [9.17, 15) is 13.6 Å². The molecule has 0 bridgehead atoms. The standard InChI is InChI=1S/C16H12F2N2O2S/c17-10-5-6-12(11(18)9-10)19-15(21)7-8-20-13-3-1-2-4-14(13)22-16(20)23/h1-6,9H,7-8H2,(H,19,21).